The molecule has 0 aliphatic heterocycles. The van der Waals surface area contributed by atoms with Gasteiger partial charge < -0.3 is 10.1 Å². The number of rotatable bonds is 6. The second kappa shape index (κ2) is 7.53. The fourth-order valence-electron chi connectivity index (χ4n) is 1.16. The van der Waals surface area contributed by atoms with E-state index in [0.717, 1.165) is 0 Å². The minimum atomic E-state index is -1.64. The highest BCUT2D eigenvalue weighted by Gasteiger charge is 2.33. The molecule has 1 heterocycles. The molecule has 0 saturated carbocycles. The molecule has 1 atom stereocenters. The van der Waals surface area contributed by atoms with Crippen LogP contribution in [0, 0.1) is 0 Å². The van der Waals surface area contributed by atoms with Crippen LogP contribution >= 0.6 is 46.1 Å². The van der Waals surface area contributed by atoms with Crippen molar-refractivity contribution in [2.45, 2.75) is 9.96 Å². The molecular formula is C10H13Cl3N2O2S. The second-order valence-corrected chi connectivity index (χ2v) is 6.69. The van der Waals surface area contributed by atoms with Crippen molar-refractivity contribution in [3.63, 3.8) is 0 Å². The number of halogens is 3. The van der Waals surface area contributed by atoms with Crippen LogP contribution in [0.2, 0.25) is 0 Å². The minimum absolute atomic E-state index is 0.286. The zero-order valence-electron chi connectivity index (χ0n) is 9.58. The molecule has 0 unspecified atom stereocenters. The molecule has 8 heteroatoms. The number of methoxy groups -OCH3 is 1. The van der Waals surface area contributed by atoms with Gasteiger partial charge in [0.1, 0.15) is 6.17 Å². The minimum Gasteiger partial charge on any atom is -0.383 e. The van der Waals surface area contributed by atoms with Gasteiger partial charge in [-0.15, -0.1) is 11.3 Å². The standard InChI is InChI=1S/C10H13Cl3N2O2S/c1-17-5-4-14-9(10(11,12)13)15-8(16)7-3-2-6-18-7/h2-3,6,9,14H,4-5H2,1H3,(H,15,16)/t9-/m1/s1. The summed E-state index contributed by atoms with van der Waals surface area (Å²) in [6, 6.07) is 3.48. The van der Waals surface area contributed by atoms with Gasteiger partial charge in [0.05, 0.1) is 11.5 Å². The van der Waals surface area contributed by atoms with Crippen LogP contribution in [0.5, 0.6) is 0 Å². The molecule has 2 N–H and O–H groups in total. The van der Waals surface area contributed by atoms with E-state index in [9.17, 15) is 4.79 Å². The molecule has 0 aromatic carbocycles. The lowest BCUT2D eigenvalue weighted by Crippen LogP contribution is -2.54. The maximum Gasteiger partial charge on any atom is 0.262 e. The number of amides is 1. The van der Waals surface area contributed by atoms with Gasteiger partial charge in [-0.3, -0.25) is 10.1 Å². The topological polar surface area (TPSA) is 50.4 Å². The number of thiophene rings is 1. The molecule has 0 aliphatic rings. The van der Waals surface area contributed by atoms with Crippen molar-refractivity contribution in [2.24, 2.45) is 0 Å². The number of carbonyl (C=O) groups excluding carboxylic acids is 1. The molecular weight excluding hydrogens is 319 g/mol. The highest BCUT2D eigenvalue weighted by atomic mass is 35.6. The van der Waals surface area contributed by atoms with Crippen molar-refractivity contribution < 1.29 is 9.53 Å². The largest absolute Gasteiger partial charge is 0.383 e. The molecule has 0 spiro atoms. The molecule has 1 aromatic heterocycles. The summed E-state index contributed by atoms with van der Waals surface area (Å²) >= 11 is 18.7. The van der Waals surface area contributed by atoms with E-state index in [2.05, 4.69) is 10.6 Å². The Morgan fingerprint density at radius 3 is 2.78 bits per heavy atom. The average molecular weight is 332 g/mol. The number of hydrogen-bond acceptors (Lipinski definition) is 4. The Balaban J connectivity index is 2.58. The Morgan fingerprint density at radius 2 is 2.28 bits per heavy atom. The number of nitrogens with one attached hydrogen (secondary N) is 2. The van der Waals surface area contributed by atoms with E-state index in [1.54, 1.807) is 24.6 Å². The Labute approximate surface area is 125 Å². The van der Waals surface area contributed by atoms with Crippen molar-refractivity contribution in [2.75, 3.05) is 20.3 Å². The summed E-state index contributed by atoms with van der Waals surface area (Å²) < 4.78 is 3.24. The molecule has 4 nitrogen and oxygen atoms in total. The van der Waals surface area contributed by atoms with Crippen molar-refractivity contribution in [3.8, 4) is 0 Å². The third kappa shape index (κ3) is 5.30. The number of carbonyl (C=O) groups is 1. The van der Waals surface area contributed by atoms with Gasteiger partial charge in [-0.1, -0.05) is 40.9 Å². The van der Waals surface area contributed by atoms with Gasteiger partial charge in [0, 0.05) is 13.7 Å². The third-order valence-electron chi connectivity index (χ3n) is 2.00. The molecule has 102 valence electrons. The van der Waals surface area contributed by atoms with E-state index in [1.165, 1.54) is 11.3 Å². The highest BCUT2D eigenvalue weighted by molar-refractivity contribution is 7.12. The van der Waals surface area contributed by atoms with Crippen LogP contribution in [0.3, 0.4) is 0 Å². The summed E-state index contributed by atoms with van der Waals surface area (Å²) in [4.78, 5) is 12.4. The molecule has 1 amide bonds. The van der Waals surface area contributed by atoms with Gasteiger partial charge in [-0.05, 0) is 11.4 Å². The Kier molecular flexibility index (Phi) is 6.70. The molecule has 1 aromatic rings. The van der Waals surface area contributed by atoms with Gasteiger partial charge in [-0.2, -0.15) is 0 Å². The summed E-state index contributed by atoms with van der Waals surface area (Å²) in [7, 11) is 1.57. The molecule has 0 aliphatic carbocycles. The lowest BCUT2D eigenvalue weighted by atomic mass is 10.4. The number of alkyl halides is 3. The SMILES string of the molecule is COCCN[C@H](NC(=O)c1cccs1)C(Cl)(Cl)Cl. The second-order valence-electron chi connectivity index (χ2n) is 3.37. The van der Waals surface area contributed by atoms with Gasteiger partial charge >= 0.3 is 0 Å². The predicted octanol–water partition coefficient (Wildman–Crippen LogP) is 2.41. The van der Waals surface area contributed by atoms with E-state index < -0.39 is 9.96 Å². The lowest BCUT2D eigenvalue weighted by Gasteiger charge is -2.26. The van der Waals surface area contributed by atoms with Crippen LogP contribution in [0.15, 0.2) is 17.5 Å². The summed E-state index contributed by atoms with van der Waals surface area (Å²) in [6.45, 7) is 0.909. The first-order valence-electron chi connectivity index (χ1n) is 5.08. The first kappa shape index (κ1) is 16.0. The highest BCUT2D eigenvalue weighted by Crippen LogP contribution is 2.29. The Bertz CT molecular complexity index is 368. The van der Waals surface area contributed by atoms with Crippen molar-refractivity contribution in [1.82, 2.24) is 10.6 Å². The van der Waals surface area contributed by atoms with Gasteiger partial charge in [0.2, 0.25) is 3.79 Å². The van der Waals surface area contributed by atoms with E-state index >= 15 is 0 Å². The summed E-state index contributed by atoms with van der Waals surface area (Å²) in [5.74, 6) is -0.286. The molecule has 18 heavy (non-hydrogen) atoms. The normalized spacial score (nSPS) is 13.3. The average Bonchev–Trinajstić information content (AvgIpc) is 2.79. The smallest absolute Gasteiger partial charge is 0.262 e. The van der Waals surface area contributed by atoms with E-state index in [1.807, 2.05) is 0 Å². The van der Waals surface area contributed by atoms with Crippen LogP contribution in [0.1, 0.15) is 9.67 Å². The lowest BCUT2D eigenvalue weighted by molar-refractivity contribution is 0.0930. The zero-order chi connectivity index (χ0) is 13.6. The first-order chi connectivity index (χ1) is 8.45. The Hall–Kier alpha value is -0.0400. The monoisotopic (exact) mass is 330 g/mol. The summed E-state index contributed by atoms with van der Waals surface area (Å²) in [5, 5.41) is 7.34. The van der Waals surface area contributed by atoms with Gasteiger partial charge in [0.15, 0.2) is 0 Å². The maximum absolute atomic E-state index is 11.8. The molecule has 1 rings (SSSR count). The predicted molar refractivity (Wildman–Crippen MR) is 75.7 cm³/mol. The number of hydrogen-bond donors (Lipinski definition) is 2. The molecule has 0 fully saturated rings. The van der Waals surface area contributed by atoms with Gasteiger partial charge in [-0.25, -0.2) is 0 Å². The van der Waals surface area contributed by atoms with Crippen LogP contribution in [0.25, 0.3) is 0 Å². The van der Waals surface area contributed by atoms with Crippen LogP contribution < -0.4 is 10.6 Å². The zero-order valence-corrected chi connectivity index (χ0v) is 12.7. The fourth-order valence-corrected chi connectivity index (χ4v) is 2.19. The van der Waals surface area contributed by atoms with Crippen LogP contribution in [-0.2, 0) is 4.74 Å². The van der Waals surface area contributed by atoms with E-state index in [-0.39, 0.29) is 5.91 Å². The Morgan fingerprint density at radius 1 is 1.56 bits per heavy atom. The molecule has 0 saturated heterocycles. The summed E-state index contributed by atoms with van der Waals surface area (Å²) in [6.07, 6.45) is -0.785. The van der Waals surface area contributed by atoms with E-state index in [0.29, 0.717) is 18.0 Å². The van der Waals surface area contributed by atoms with Gasteiger partial charge in [0.25, 0.3) is 5.91 Å². The van der Waals surface area contributed by atoms with Crippen molar-refractivity contribution in [3.05, 3.63) is 22.4 Å². The van der Waals surface area contributed by atoms with Crippen LogP contribution in [0.4, 0.5) is 0 Å². The van der Waals surface area contributed by atoms with Crippen molar-refractivity contribution >= 4 is 52.0 Å². The third-order valence-corrected chi connectivity index (χ3v) is 3.53. The molecule has 0 bridgehead atoms. The van der Waals surface area contributed by atoms with E-state index in [4.69, 9.17) is 39.5 Å². The maximum atomic E-state index is 11.8. The quantitative estimate of drug-likeness (QED) is 0.478. The number of ether oxygens (including phenoxy) is 1. The van der Waals surface area contributed by atoms with Crippen molar-refractivity contribution in [1.29, 1.82) is 0 Å². The summed E-state index contributed by atoms with van der Waals surface area (Å²) in [5.41, 5.74) is 0. The van der Waals surface area contributed by atoms with Crippen LogP contribution in [-0.4, -0.2) is 36.1 Å². The fraction of sp³-hybridized carbons (Fsp3) is 0.500. The molecule has 0 radical (unpaired) electrons. The first-order valence-corrected chi connectivity index (χ1v) is 7.10.